The molecule has 2 N–H and O–H groups in total. The number of anilines is 2. The van der Waals surface area contributed by atoms with Gasteiger partial charge in [0, 0.05) is 22.8 Å². The summed E-state index contributed by atoms with van der Waals surface area (Å²) in [5.74, 6) is -1.80. The van der Waals surface area contributed by atoms with Gasteiger partial charge in [0.1, 0.15) is 11.3 Å². The van der Waals surface area contributed by atoms with Gasteiger partial charge in [-0.3, -0.25) is 29.8 Å². The lowest BCUT2D eigenvalue weighted by Gasteiger charge is -2.26. The minimum atomic E-state index is -0.971. The number of nitro benzene ring substituents is 1. The molecule has 0 aromatic heterocycles. The Kier molecular flexibility index (Phi) is 7.49. The first kappa shape index (κ1) is 26.0. The molecule has 12 heteroatoms. The molecule has 1 fully saturated rings. The van der Waals surface area contributed by atoms with Crippen molar-refractivity contribution in [3.63, 3.8) is 0 Å². The minimum absolute atomic E-state index is 0.0615. The molecule has 0 spiro atoms. The van der Waals surface area contributed by atoms with Crippen molar-refractivity contribution in [1.82, 2.24) is 5.32 Å². The van der Waals surface area contributed by atoms with E-state index in [0.717, 1.165) is 17.7 Å². The first-order valence-electron chi connectivity index (χ1n) is 11.1. The van der Waals surface area contributed by atoms with E-state index in [1.54, 1.807) is 42.5 Å². The van der Waals surface area contributed by atoms with E-state index in [0.29, 0.717) is 26.9 Å². The van der Waals surface area contributed by atoms with Gasteiger partial charge in [0.15, 0.2) is 6.61 Å². The molecule has 1 aliphatic rings. The summed E-state index contributed by atoms with van der Waals surface area (Å²) in [5.41, 5.74) is 1.40. The summed E-state index contributed by atoms with van der Waals surface area (Å²) in [6.45, 7) is 1.58. The van der Waals surface area contributed by atoms with E-state index in [1.807, 2.05) is 6.92 Å². The number of nitro groups is 1. The van der Waals surface area contributed by atoms with Crippen LogP contribution in [-0.4, -0.2) is 35.3 Å². The van der Waals surface area contributed by atoms with Crippen LogP contribution in [0.4, 0.5) is 21.9 Å². The van der Waals surface area contributed by atoms with E-state index in [9.17, 15) is 29.3 Å². The van der Waals surface area contributed by atoms with Crippen LogP contribution in [0.25, 0.3) is 6.08 Å². The van der Waals surface area contributed by atoms with Gasteiger partial charge in [-0.25, -0.2) is 9.69 Å². The van der Waals surface area contributed by atoms with Crippen molar-refractivity contribution in [2.45, 2.75) is 6.92 Å². The number of amides is 5. The number of nitrogens with one attached hydrogen (secondary N) is 2. The number of rotatable bonds is 7. The lowest BCUT2D eigenvalue weighted by molar-refractivity contribution is -0.384. The Hall–Kier alpha value is -5.03. The van der Waals surface area contributed by atoms with Crippen LogP contribution in [-0.2, 0) is 14.4 Å². The number of nitrogens with zero attached hydrogens (tertiary/aromatic N) is 2. The third kappa shape index (κ3) is 5.85. The fourth-order valence-electron chi connectivity index (χ4n) is 3.46. The first-order chi connectivity index (χ1) is 18.1. The summed E-state index contributed by atoms with van der Waals surface area (Å²) >= 11 is 6.06. The molecule has 11 nitrogen and oxygen atoms in total. The molecule has 38 heavy (non-hydrogen) atoms. The van der Waals surface area contributed by atoms with Crippen molar-refractivity contribution in [2.24, 2.45) is 0 Å². The Labute approximate surface area is 220 Å². The average molecular weight is 535 g/mol. The van der Waals surface area contributed by atoms with Gasteiger partial charge >= 0.3 is 6.03 Å². The van der Waals surface area contributed by atoms with Crippen molar-refractivity contribution in [3.8, 4) is 5.75 Å². The topological polar surface area (TPSA) is 148 Å². The lowest BCUT2D eigenvalue weighted by atomic mass is 10.1. The van der Waals surface area contributed by atoms with Crippen molar-refractivity contribution in [2.75, 3.05) is 16.8 Å². The predicted octanol–water partition coefficient (Wildman–Crippen LogP) is 4.24. The molecule has 1 aliphatic heterocycles. The van der Waals surface area contributed by atoms with E-state index < -0.39 is 28.7 Å². The number of benzene rings is 3. The molecule has 0 saturated carbocycles. The van der Waals surface area contributed by atoms with Gasteiger partial charge in [0.2, 0.25) is 0 Å². The van der Waals surface area contributed by atoms with E-state index in [2.05, 4.69) is 10.6 Å². The Bertz CT molecular complexity index is 1480. The molecule has 1 saturated heterocycles. The summed E-state index contributed by atoms with van der Waals surface area (Å²) in [6, 6.07) is 15.1. The maximum Gasteiger partial charge on any atom is 0.335 e. The van der Waals surface area contributed by atoms with Gasteiger partial charge in [-0.2, -0.15) is 0 Å². The largest absolute Gasteiger partial charge is 0.484 e. The van der Waals surface area contributed by atoms with Gasteiger partial charge in [0.25, 0.3) is 23.4 Å². The molecule has 4 rings (SSSR count). The highest BCUT2D eigenvalue weighted by Crippen LogP contribution is 2.25. The van der Waals surface area contributed by atoms with Gasteiger partial charge in [0.05, 0.1) is 10.6 Å². The number of carbonyl (C=O) groups excluding carboxylic acids is 4. The molecule has 192 valence electrons. The quantitative estimate of drug-likeness (QED) is 0.199. The van der Waals surface area contributed by atoms with Gasteiger partial charge in [-0.15, -0.1) is 0 Å². The number of urea groups is 1. The number of aryl methyl sites for hydroxylation is 1. The molecular formula is C26H19ClN4O7. The molecule has 0 bridgehead atoms. The number of carbonyl (C=O) groups is 4. The van der Waals surface area contributed by atoms with Crippen LogP contribution in [0.3, 0.4) is 0 Å². The van der Waals surface area contributed by atoms with Crippen molar-refractivity contribution in [3.05, 3.63) is 98.6 Å². The van der Waals surface area contributed by atoms with Crippen LogP contribution < -0.4 is 20.3 Å². The average Bonchev–Trinajstić information content (AvgIpc) is 2.88. The molecule has 3 aromatic rings. The van der Waals surface area contributed by atoms with Crippen molar-refractivity contribution in [1.29, 1.82) is 0 Å². The van der Waals surface area contributed by atoms with E-state index >= 15 is 0 Å². The van der Waals surface area contributed by atoms with Crippen LogP contribution in [0.2, 0.25) is 5.02 Å². The van der Waals surface area contributed by atoms with Crippen molar-refractivity contribution < 1.29 is 28.8 Å². The second kappa shape index (κ2) is 10.9. The zero-order valence-corrected chi connectivity index (χ0v) is 20.5. The second-order valence-electron chi connectivity index (χ2n) is 8.10. The van der Waals surface area contributed by atoms with Crippen molar-refractivity contribution >= 4 is 58.5 Å². The number of hydrogen-bond donors (Lipinski definition) is 2. The highest BCUT2D eigenvalue weighted by Gasteiger charge is 2.36. The molecule has 1 heterocycles. The van der Waals surface area contributed by atoms with Crippen LogP contribution in [0.15, 0.2) is 72.3 Å². The van der Waals surface area contributed by atoms with E-state index in [4.69, 9.17) is 16.3 Å². The normalized spacial score (nSPS) is 14.3. The number of barbiturate groups is 1. The van der Waals surface area contributed by atoms with E-state index in [-0.39, 0.29) is 23.6 Å². The molecule has 0 aliphatic carbocycles. The van der Waals surface area contributed by atoms with Crippen LogP contribution in [0.5, 0.6) is 5.75 Å². The standard InChI is InChI=1S/C26H19ClN4O7/c1-15-2-5-17(13-22(15)27)28-23(32)14-38-20-10-3-16(4-11-20)12-21-24(33)29-26(35)30(25(21)34)18-6-8-19(9-7-18)31(36)37/h2-13H,14H2,1H3,(H,28,32)(H,29,33,35)/b21-12-. The molecule has 5 amide bonds. The summed E-state index contributed by atoms with van der Waals surface area (Å²) in [4.78, 5) is 60.8. The zero-order chi connectivity index (χ0) is 27.4. The monoisotopic (exact) mass is 534 g/mol. The highest BCUT2D eigenvalue weighted by atomic mass is 35.5. The van der Waals surface area contributed by atoms with Gasteiger partial charge in [-0.1, -0.05) is 29.8 Å². The molecular weight excluding hydrogens is 516 g/mol. The second-order valence-corrected chi connectivity index (χ2v) is 8.51. The highest BCUT2D eigenvalue weighted by molar-refractivity contribution is 6.39. The zero-order valence-electron chi connectivity index (χ0n) is 19.8. The third-order valence-corrected chi connectivity index (χ3v) is 5.84. The Morgan fingerprint density at radius 2 is 1.76 bits per heavy atom. The molecule has 0 unspecified atom stereocenters. The SMILES string of the molecule is Cc1ccc(NC(=O)COc2ccc(/C=C3/C(=O)NC(=O)N(c4ccc([N+](=O)[O-])cc4)C3=O)cc2)cc1Cl. The Balaban J connectivity index is 1.43. The molecule has 0 atom stereocenters. The Morgan fingerprint density at radius 3 is 2.39 bits per heavy atom. The summed E-state index contributed by atoms with van der Waals surface area (Å²) in [5, 5.41) is 16.2. The number of non-ortho nitro benzene ring substituents is 1. The smallest absolute Gasteiger partial charge is 0.335 e. The molecule has 0 radical (unpaired) electrons. The van der Waals surface area contributed by atoms with Crippen LogP contribution in [0, 0.1) is 17.0 Å². The predicted molar refractivity (Wildman–Crippen MR) is 139 cm³/mol. The summed E-state index contributed by atoms with van der Waals surface area (Å²) in [6.07, 6.45) is 1.29. The van der Waals surface area contributed by atoms with Crippen LogP contribution >= 0.6 is 11.6 Å². The first-order valence-corrected chi connectivity index (χ1v) is 11.4. The maximum atomic E-state index is 13.0. The van der Waals surface area contributed by atoms with Gasteiger partial charge < -0.3 is 10.1 Å². The maximum absolute atomic E-state index is 13.0. The Morgan fingerprint density at radius 1 is 1.08 bits per heavy atom. The summed E-state index contributed by atoms with van der Waals surface area (Å²) in [7, 11) is 0. The lowest BCUT2D eigenvalue weighted by Crippen LogP contribution is -2.54. The number of halogens is 1. The molecule has 3 aromatic carbocycles. The fourth-order valence-corrected chi connectivity index (χ4v) is 3.64. The minimum Gasteiger partial charge on any atom is -0.484 e. The fraction of sp³-hybridized carbons (Fsp3) is 0.0769. The number of ether oxygens (including phenoxy) is 1. The van der Waals surface area contributed by atoms with Crippen LogP contribution in [0.1, 0.15) is 11.1 Å². The summed E-state index contributed by atoms with van der Waals surface area (Å²) < 4.78 is 5.48. The van der Waals surface area contributed by atoms with Gasteiger partial charge in [-0.05, 0) is 60.5 Å². The van der Waals surface area contributed by atoms with E-state index in [1.165, 1.54) is 18.2 Å². The number of hydrogen-bond acceptors (Lipinski definition) is 7. The number of imide groups is 2. The third-order valence-electron chi connectivity index (χ3n) is 5.44.